The van der Waals surface area contributed by atoms with Crippen LogP contribution in [-0.2, 0) is 19.2 Å². The van der Waals surface area contributed by atoms with Crippen LogP contribution in [0, 0.1) is 5.92 Å². The van der Waals surface area contributed by atoms with E-state index >= 15 is 0 Å². The molecule has 0 atom stereocenters. The second kappa shape index (κ2) is 4.57. The molecule has 0 rings (SSSR count). The number of likely N-dealkylation sites (N-methyl/N-ethyl adjacent to an activating group) is 1. The van der Waals surface area contributed by atoms with Gasteiger partial charge in [-0.05, 0) is 7.05 Å². The lowest BCUT2D eigenvalue weighted by atomic mass is 9.83. The van der Waals surface area contributed by atoms with Crippen LogP contribution < -0.4 is 5.32 Å². The van der Waals surface area contributed by atoms with Gasteiger partial charge < -0.3 is 20.4 Å². The normalized spacial score (nSPS) is 11.1. The Kier molecular flexibility index (Phi) is 3.96. The highest BCUT2D eigenvalue weighted by atomic mass is 16.4. The number of carboxylic acids is 4. The zero-order valence-electron chi connectivity index (χ0n) is 8.00. The lowest BCUT2D eigenvalue weighted by Crippen LogP contribution is -2.65. The molecule has 0 fully saturated rings. The van der Waals surface area contributed by atoms with Gasteiger partial charge in [0.1, 0.15) is 0 Å². The van der Waals surface area contributed by atoms with E-state index in [1.165, 1.54) is 0 Å². The lowest BCUT2D eigenvalue weighted by Gasteiger charge is -2.27. The van der Waals surface area contributed by atoms with E-state index in [2.05, 4.69) is 0 Å². The van der Waals surface area contributed by atoms with E-state index in [0.29, 0.717) is 0 Å². The second-order valence-electron chi connectivity index (χ2n) is 2.78. The Morgan fingerprint density at radius 3 is 1.31 bits per heavy atom. The summed E-state index contributed by atoms with van der Waals surface area (Å²) in [5.74, 6) is -11.0. The van der Waals surface area contributed by atoms with Crippen LogP contribution in [0.15, 0.2) is 0 Å². The van der Waals surface area contributed by atoms with Gasteiger partial charge in [-0.2, -0.15) is 0 Å². The molecule has 0 aromatic carbocycles. The molecule has 0 aliphatic carbocycles. The molecule has 0 saturated carbocycles. The number of aliphatic carboxylic acids is 4. The third kappa shape index (κ3) is 1.93. The van der Waals surface area contributed by atoms with Crippen LogP contribution in [0.5, 0.6) is 0 Å². The first kappa shape index (κ1) is 13.8. The Morgan fingerprint density at radius 1 is 0.938 bits per heavy atom. The van der Waals surface area contributed by atoms with Gasteiger partial charge in [0.2, 0.25) is 5.54 Å². The Balaban J connectivity index is 5.81. The largest absolute Gasteiger partial charge is 0.481 e. The van der Waals surface area contributed by atoms with Crippen molar-refractivity contribution in [3.05, 3.63) is 0 Å². The molecule has 0 aromatic rings. The second-order valence-corrected chi connectivity index (χ2v) is 2.78. The van der Waals surface area contributed by atoms with Gasteiger partial charge in [-0.1, -0.05) is 0 Å². The third-order valence-electron chi connectivity index (χ3n) is 2.00. The number of nitrogens with one attached hydrogen (secondary N) is 1. The first-order valence-corrected chi connectivity index (χ1v) is 3.83. The van der Waals surface area contributed by atoms with E-state index in [1.54, 1.807) is 5.32 Å². The molecule has 0 unspecified atom stereocenters. The zero-order valence-corrected chi connectivity index (χ0v) is 8.00. The monoisotopic (exact) mass is 235 g/mol. The van der Waals surface area contributed by atoms with Crippen molar-refractivity contribution in [2.24, 2.45) is 5.92 Å². The first-order valence-electron chi connectivity index (χ1n) is 3.83. The molecule has 0 heterocycles. The van der Waals surface area contributed by atoms with E-state index < -0.39 is 35.3 Å². The summed E-state index contributed by atoms with van der Waals surface area (Å²) in [5.41, 5.74) is -3.11. The van der Waals surface area contributed by atoms with Crippen LogP contribution in [0.4, 0.5) is 0 Å². The lowest BCUT2D eigenvalue weighted by molar-refractivity contribution is -0.176. The number of hydrogen-bond acceptors (Lipinski definition) is 5. The minimum Gasteiger partial charge on any atom is -0.481 e. The van der Waals surface area contributed by atoms with E-state index in [4.69, 9.17) is 20.4 Å². The minimum absolute atomic E-state index is 0.848. The molecule has 0 aliphatic rings. The van der Waals surface area contributed by atoms with Gasteiger partial charge in [0.05, 0.1) is 0 Å². The van der Waals surface area contributed by atoms with Crippen LogP contribution in [0.2, 0.25) is 0 Å². The molecule has 0 amide bonds. The number of carbonyl (C=O) groups is 4. The maximum atomic E-state index is 10.8. The van der Waals surface area contributed by atoms with Crippen molar-refractivity contribution in [3.8, 4) is 0 Å². The summed E-state index contributed by atoms with van der Waals surface area (Å²) < 4.78 is 0. The molecule has 5 N–H and O–H groups in total. The highest BCUT2D eigenvalue weighted by Crippen LogP contribution is 2.19. The standard InChI is InChI=1S/C7H9NO8/c1-8-7(5(13)14,6(15)16)2(3(9)10)4(11)12/h2,8H,1H3,(H,9,10)(H,11,12)(H,13,14)(H,15,16). The predicted molar refractivity (Wildman–Crippen MR) is 45.8 cm³/mol. The van der Waals surface area contributed by atoms with Crippen molar-refractivity contribution >= 4 is 23.9 Å². The summed E-state index contributed by atoms with van der Waals surface area (Å²) in [6.45, 7) is 0. The molecule has 0 aromatic heterocycles. The highest BCUT2D eigenvalue weighted by molar-refractivity contribution is 6.13. The average molecular weight is 235 g/mol. The molecule has 0 saturated heterocycles. The third-order valence-corrected chi connectivity index (χ3v) is 2.00. The summed E-state index contributed by atoms with van der Waals surface area (Å²) in [4.78, 5) is 42.8. The SMILES string of the molecule is CNC(C(=O)O)(C(=O)O)C(C(=O)O)C(=O)O. The summed E-state index contributed by atoms with van der Waals surface area (Å²) in [7, 11) is 0.848. The number of rotatable bonds is 6. The number of carboxylic acid groups (broad SMARTS) is 4. The van der Waals surface area contributed by atoms with Gasteiger partial charge in [0, 0.05) is 0 Å². The van der Waals surface area contributed by atoms with E-state index in [9.17, 15) is 19.2 Å². The van der Waals surface area contributed by atoms with Crippen molar-refractivity contribution in [1.82, 2.24) is 5.32 Å². The summed E-state index contributed by atoms with van der Waals surface area (Å²) in [6, 6.07) is 0. The molecule has 0 radical (unpaired) electrons. The van der Waals surface area contributed by atoms with Gasteiger partial charge in [-0.25, -0.2) is 9.59 Å². The van der Waals surface area contributed by atoms with Gasteiger partial charge in [0.25, 0.3) is 0 Å². The molecule has 0 aliphatic heterocycles. The summed E-state index contributed by atoms with van der Waals surface area (Å²) in [5, 5.41) is 36.2. The molecule has 9 heteroatoms. The molecule has 0 bridgehead atoms. The quantitative estimate of drug-likeness (QED) is 0.324. The van der Waals surface area contributed by atoms with Gasteiger partial charge in [0.15, 0.2) is 5.92 Å². The maximum Gasteiger partial charge on any atom is 0.337 e. The molecule has 0 spiro atoms. The zero-order chi connectivity index (χ0) is 13.1. The predicted octanol–water partition coefficient (Wildman–Crippen LogP) is -2.10. The van der Waals surface area contributed by atoms with Crippen LogP contribution in [0.25, 0.3) is 0 Å². The number of hydrogen-bond donors (Lipinski definition) is 5. The topological polar surface area (TPSA) is 161 Å². The van der Waals surface area contributed by atoms with Crippen LogP contribution in [0.1, 0.15) is 0 Å². The van der Waals surface area contributed by atoms with E-state index in [-0.39, 0.29) is 0 Å². The fourth-order valence-electron chi connectivity index (χ4n) is 1.17. The Hall–Kier alpha value is -2.16. The van der Waals surface area contributed by atoms with Gasteiger partial charge in [-0.3, -0.25) is 14.9 Å². The van der Waals surface area contributed by atoms with Gasteiger partial charge >= 0.3 is 23.9 Å². The Bertz CT molecular complexity index is 320. The average Bonchev–Trinajstić information content (AvgIpc) is 2.10. The van der Waals surface area contributed by atoms with Crippen molar-refractivity contribution < 1.29 is 39.6 Å². The van der Waals surface area contributed by atoms with Crippen LogP contribution in [-0.4, -0.2) is 56.9 Å². The summed E-state index contributed by atoms with van der Waals surface area (Å²) in [6.07, 6.45) is 0. The molecule has 9 nitrogen and oxygen atoms in total. The summed E-state index contributed by atoms with van der Waals surface area (Å²) >= 11 is 0. The van der Waals surface area contributed by atoms with Crippen molar-refractivity contribution in [2.45, 2.75) is 5.54 Å². The molecular formula is C7H9NO8. The molecular weight excluding hydrogens is 226 g/mol. The van der Waals surface area contributed by atoms with Gasteiger partial charge in [-0.15, -0.1) is 0 Å². The van der Waals surface area contributed by atoms with Crippen LogP contribution in [0.3, 0.4) is 0 Å². The van der Waals surface area contributed by atoms with Crippen LogP contribution >= 0.6 is 0 Å². The highest BCUT2D eigenvalue weighted by Gasteiger charge is 2.59. The fraction of sp³-hybridized carbons (Fsp3) is 0.429. The fourth-order valence-corrected chi connectivity index (χ4v) is 1.17. The minimum atomic E-state index is -3.11. The maximum absolute atomic E-state index is 10.8. The molecule has 90 valence electrons. The Labute approximate surface area is 88.3 Å². The van der Waals surface area contributed by atoms with E-state index in [0.717, 1.165) is 7.05 Å². The first-order chi connectivity index (χ1) is 7.21. The molecule has 16 heavy (non-hydrogen) atoms. The van der Waals surface area contributed by atoms with Crippen molar-refractivity contribution in [1.29, 1.82) is 0 Å². The Morgan fingerprint density at radius 2 is 1.25 bits per heavy atom. The smallest absolute Gasteiger partial charge is 0.337 e. The van der Waals surface area contributed by atoms with E-state index in [1.807, 2.05) is 0 Å². The van der Waals surface area contributed by atoms with Crippen molar-refractivity contribution in [3.63, 3.8) is 0 Å². The van der Waals surface area contributed by atoms with Crippen molar-refractivity contribution in [2.75, 3.05) is 7.05 Å².